The van der Waals surface area contributed by atoms with E-state index in [0.29, 0.717) is 11.0 Å². The van der Waals surface area contributed by atoms with Crippen molar-refractivity contribution < 1.29 is 14.3 Å². The van der Waals surface area contributed by atoms with E-state index >= 15 is 0 Å². The summed E-state index contributed by atoms with van der Waals surface area (Å²) in [6.45, 7) is 5.21. The molecule has 3 rings (SSSR count). The Hall–Kier alpha value is -2.70. The molecular formula is C20H25N3O4. The normalized spacial score (nSPS) is 14.8. The minimum absolute atomic E-state index is 0.0278. The summed E-state index contributed by atoms with van der Waals surface area (Å²) in [5.41, 5.74) is 0.658. The molecule has 2 aromatic rings. The molecule has 1 fully saturated rings. The molecule has 144 valence electrons. The van der Waals surface area contributed by atoms with Gasteiger partial charge in [-0.3, -0.25) is 9.59 Å². The monoisotopic (exact) mass is 371 g/mol. The van der Waals surface area contributed by atoms with Gasteiger partial charge in [0.1, 0.15) is 17.8 Å². The number of hydrogen-bond acceptors (Lipinski definition) is 5. The first-order valence-electron chi connectivity index (χ1n) is 9.47. The number of ether oxygens (including phenoxy) is 1. The third-order valence-electron chi connectivity index (χ3n) is 4.82. The lowest BCUT2D eigenvalue weighted by Crippen LogP contribution is -2.35. The number of rotatable bonds is 4. The van der Waals surface area contributed by atoms with Gasteiger partial charge in [-0.25, -0.2) is 9.78 Å². The molecule has 0 aromatic carbocycles. The van der Waals surface area contributed by atoms with Gasteiger partial charge in [0, 0.05) is 25.0 Å². The Kier molecular flexibility index (Phi) is 5.88. The zero-order valence-electron chi connectivity index (χ0n) is 15.9. The number of likely N-dealkylation sites (tertiary alicyclic amines) is 1. The van der Waals surface area contributed by atoms with Gasteiger partial charge in [0.25, 0.3) is 0 Å². The minimum atomic E-state index is -0.680. The van der Waals surface area contributed by atoms with E-state index in [0.717, 1.165) is 44.5 Å². The molecule has 0 unspecified atom stereocenters. The van der Waals surface area contributed by atoms with Crippen LogP contribution in [0.15, 0.2) is 23.1 Å². The van der Waals surface area contributed by atoms with Crippen molar-refractivity contribution in [2.75, 3.05) is 19.7 Å². The van der Waals surface area contributed by atoms with Crippen molar-refractivity contribution in [3.05, 3.63) is 39.8 Å². The molecule has 27 heavy (non-hydrogen) atoms. The third-order valence-corrected chi connectivity index (χ3v) is 4.82. The Morgan fingerprint density at radius 2 is 1.85 bits per heavy atom. The fourth-order valence-corrected chi connectivity index (χ4v) is 3.40. The van der Waals surface area contributed by atoms with Crippen LogP contribution in [-0.4, -0.2) is 46.0 Å². The Morgan fingerprint density at radius 1 is 1.15 bits per heavy atom. The maximum atomic E-state index is 12.8. The number of esters is 1. The Morgan fingerprint density at radius 3 is 2.52 bits per heavy atom. The quantitative estimate of drug-likeness (QED) is 0.770. The smallest absolute Gasteiger partial charge is 0.343 e. The Bertz CT molecular complexity index is 911. The van der Waals surface area contributed by atoms with Gasteiger partial charge in [-0.2, -0.15) is 0 Å². The second-order valence-electron chi connectivity index (χ2n) is 6.84. The summed E-state index contributed by atoms with van der Waals surface area (Å²) < 4.78 is 6.61. The maximum Gasteiger partial charge on any atom is 0.343 e. The SMILES string of the molecule is CCOC(=O)c1cn(CC(=O)N2CCCCCC2)c2nc(C)ccc2c1=O. The van der Waals surface area contributed by atoms with Crippen LogP contribution in [0.1, 0.15) is 48.7 Å². The van der Waals surface area contributed by atoms with Crippen LogP contribution >= 0.6 is 0 Å². The number of pyridine rings is 2. The lowest BCUT2D eigenvalue weighted by atomic mass is 10.2. The van der Waals surface area contributed by atoms with E-state index in [1.54, 1.807) is 23.6 Å². The van der Waals surface area contributed by atoms with E-state index in [4.69, 9.17) is 4.74 Å². The number of aryl methyl sites for hydroxylation is 1. The molecule has 0 aliphatic carbocycles. The fraction of sp³-hybridized carbons (Fsp3) is 0.500. The summed E-state index contributed by atoms with van der Waals surface area (Å²) in [5, 5.41) is 0.315. The molecule has 0 bridgehead atoms. The molecule has 1 saturated heterocycles. The molecule has 0 saturated carbocycles. The first-order chi connectivity index (χ1) is 13.0. The summed E-state index contributed by atoms with van der Waals surface area (Å²) >= 11 is 0. The van der Waals surface area contributed by atoms with Gasteiger partial charge in [-0.15, -0.1) is 0 Å². The number of carbonyl (C=O) groups is 2. The summed E-state index contributed by atoms with van der Waals surface area (Å²) in [7, 11) is 0. The first-order valence-corrected chi connectivity index (χ1v) is 9.47. The van der Waals surface area contributed by atoms with Crippen LogP contribution in [0, 0.1) is 6.92 Å². The van der Waals surface area contributed by atoms with Crippen LogP contribution < -0.4 is 5.43 Å². The largest absolute Gasteiger partial charge is 0.462 e. The van der Waals surface area contributed by atoms with Crippen molar-refractivity contribution in [1.82, 2.24) is 14.5 Å². The van der Waals surface area contributed by atoms with E-state index < -0.39 is 11.4 Å². The molecular weight excluding hydrogens is 346 g/mol. The molecule has 0 spiro atoms. The lowest BCUT2D eigenvalue weighted by molar-refractivity contribution is -0.131. The molecule has 3 heterocycles. The van der Waals surface area contributed by atoms with E-state index in [1.807, 2.05) is 11.8 Å². The lowest BCUT2D eigenvalue weighted by Gasteiger charge is -2.21. The van der Waals surface area contributed by atoms with E-state index in [1.165, 1.54) is 6.20 Å². The van der Waals surface area contributed by atoms with Crippen LogP contribution in [0.5, 0.6) is 0 Å². The van der Waals surface area contributed by atoms with Crippen molar-refractivity contribution in [1.29, 1.82) is 0 Å². The van der Waals surface area contributed by atoms with Gasteiger partial charge in [0.15, 0.2) is 0 Å². The summed E-state index contributed by atoms with van der Waals surface area (Å²) in [5.74, 6) is -0.707. The average Bonchev–Trinajstić information content (AvgIpc) is 2.93. The minimum Gasteiger partial charge on any atom is -0.462 e. The van der Waals surface area contributed by atoms with Gasteiger partial charge in [-0.05, 0) is 38.8 Å². The number of nitrogens with zero attached hydrogens (tertiary/aromatic N) is 3. The zero-order valence-corrected chi connectivity index (χ0v) is 15.9. The molecule has 0 N–H and O–H groups in total. The third kappa shape index (κ3) is 4.18. The van der Waals surface area contributed by atoms with Gasteiger partial charge in [0.2, 0.25) is 11.3 Å². The highest BCUT2D eigenvalue weighted by Crippen LogP contribution is 2.14. The molecule has 2 aromatic heterocycles. The van der Waals surface area contributed by atoms with Crippen LogP contribution in [0.4, 0.5) is 0 Å². The predicted molar refractivity (Wildman–Crippen MR) is 102 cm³/mol. The van der Waals surface area contributed by atoms with Gasteiger partial charge >= 0.3 is 5.97 Å². The van der Waals surface area contributed by atoms with Crippen molar-refractivity contribution in [3.8, 4) is 0 Å². The van der Waals surface area contributed by atoms with Crippen LogP contribution in [0.3, 0.4) is 0 Å². The maximum absolute atomic E-state index is 12.8. The predicted octanol–water partition coefficient (Wildman–Crippen LogP) is 2.28. The molecule has 7 nitrogen and oxygen atoms in total. The summed E-state index contributed by atoms with van der Waals surface area (Å²) in [4.78, 5) is 44.0. The highest BCUT2D eigenvalue weighted by atomic mass is 16.5. The highest BCUT2D eigenvalue weighted by molar-refractivity contribution is 5.93. The molecule has 0 radical (unpaired) electrons. The fourth-order valence-electron chi connectivity index (χ4n) is 3.40. The summed E-state index contributed by atoms with van der Waals surface area (Å²) in [6, 6.07) is 3.37. The van der Waals surface area contributed by atoms with Gasteiger partial charge in [-0.1, -0.05) is 12.8 Å². The second kappa shape index (κ2) is 8.33. The number of carbonyl (C=O) groups excluding carboxylic acids is 2. The number of fused-ring (bicyclic) bond motifs is 1. The first kappa shape index (κ1) is 19.1. The molecule has 1 amide bonds. The average molecular weight is 371 g/mol. The number of aromatic nitrogens is 2. The van der Waals surface area contributed by atoms with E-state index in [2.05, 4.69) is 4.98 Å². The standard InChI is InChI=1S/C20H25N3O4/c1-3-27-20(26)16-12-23(13-17(24)22-10-6-4-5-7-11-22)19-15(18(16)25)9-8-14(2)21-19/h8-9,12H,3-7,10-11,13H2,1-2H3. The number of amides is 1. The van der Waals surface area contributed by atoms with Gasteiger partial charge in [0.05, 0.1) is 12.0 Å². The van der Waals surface area contributed by atoms with Crippen LogP contribution in [0.25, 0.3) is 11.0 Å². The van der Waals surface area contributed by atoms with Crippen LogP contribution in [-0.2, 0) is 16.1 Å². The molecule has 1 aliphatic heterocycles. The molecule has 1 aliphatic rings. The van der Waals surface area contributed by atoms with Crippen LogP contribution in [0.2, 0.25) is 0 Å². The van der Waals surface area contributed by atoms with Crippen molar-refractivity contribution in [2.45, 2.75) is 46.1 Å². The Balaban J connectivity index is 2.03. The second-order valence-corrected chi connectivity index (χ2v) is 6.84. The highest BCUT2D eigenvalue weighted by Gasteiger charge is 2.21. The molecule has 0 atom stereocenters. The van der Waals surface area contributed by atoms with Gasteiger partial charge < -0.3 is 14.2 Å². The van der Waals surface area contributed by atoms with Crippen molar-refractivity contribution >= 4 is 22.9 Å². The number of hydrogen-bond donors (Lipinski definition) is 0. The molecule has 7 heteroatoms. The zero-order chi connectivity index (χ0) is 19.4. The van der Waals surface area contributed by atoms with Crippen molar-refractivity contribution in [3.63, 3.8) is 0 Å². The van der Waals surface area contributed by atoms with E-state index in [9.17, 15) is 14.4 Å². The Labute approximate surface area is 157 Å². The van der Waals surface area contributed by atoms with Crippen molar-refractivity contribution in [2.24, 2.45) is 0 Å². The van der Waals surface area contributed by atoms with E-state index in [-0.39, 0.29) is 24.6 Å². The summed E-state index contributed by atoms with van der Waals surface area (Å²) in [6.07, 6.45) is 5.69. The topological polar surface area (TPSA) is 81.5 Å².